The predicted octanol–water partition coefficient (Wildman–Crippen LogP) is 3.32. The zero-order valence-corrected chi connectivity index (χ0v) is 19.2. The molecule has 174 valence electrons. The molecule has 4 amide bonds. The van der Waals surface area contributed by atoms with Crippen LogP contribution >= 0.6 is 0 Å². The minimum absolute atomic E-state index is 0.124. The van der Waals surface area contributed by atoms with Crippen LogP contribution < -0.4 is 10.6 Å². The van der Waals surface area contributed by atoms with Crippen LogP contribution in [0.3, 0.4) is 0 Å². The number of imide groups is 1. The molecule has 0 atom stereocenters. The summed E-state index contributed by atoms with van der Waals surface area (Å²) in [7, 11) is 2.20. The lowest BCUT2D eigenvalue weighted by molar-refractivity contribution is -0.131. The highest BCUT2D eigenvalue weighted by Gasteiger charge is 2.52. The molecule has 1 spiro atoms. The van der Waals surface area contributed by atoms with Crippen LogP contribution in [0, 0.1) is 0 Å². The largest absolute Gasteiger partial charge is 0.352 e. The summed E-state index contributed by atoms with van der Waals surface area (Å²) in [5, 5.41) is 5.84. The van der Waals surface area contributed by atoms with Crippen LogP contribution in [-0.2, 0) is 22.7 Å². The lowest BCUT2D eigenvalue weighted by atomic mass is 9.94. The molecular weight excluding hydrogens is 404 g/mol. The Labute approximate surface area is 190 Å². The molecule has 2 N–H and O–H groups in total. The number of carbonyl (C=O) groups is 3. The maximum Gasteiger partial charge on any atom is 0.325 e. The molecule has 1 saturated heterocycles. The van der Waals surface area contributed by atoms with Crippen molar-refractivity contribution in [2.24, 2.45) is 0 Å². The molecule has 4 rings (SSSR count). The smallest absolute Gasteiger partial charge is 0.325 e. The van der Waals surface area contributed by atoms with Crippen molar-refractivity contribution in [1.29, 1.82) is 0 Å². The first-order valence-electron chi connectivity index (χ1n) is 12.2. The molecule has 1 heterocycles. The van der Waals surface area contributed by atoms with Gasteiger partial charge in [-0.25, -0.2) is 4.79 Å². The van der Waals surface area contributed by atoms with Crippen molar-refractivity contribution in [2.45, 2.75) is 88.9 Å². The topological polar surface area (TPSA) is 81.8 Å². The van der Waals surface area contributed by atoms with Gasteiger partial charge >= 0.3 is 6.03 Å². The summed E-state index contributed by atoms with van der Waals surface area (Å²) < 4.78 is 0. The SMILES string of the molecule is CN(Cc1ccccc1CNC(=O)CCN1C(=O)NC2(CCCC2)C1=O)C1CCCCC1. The summed E-state index contributed by atoms with van der Waals surface area (Å²) in [6.45, 7) is 1.46. The van der Waals surface area contributed by atoms with Gasteiger partial charge in [-0.15, -0.1) is 0 Å². The van der Waals surface area contributed by atoms with E-state index < -0.39 is 5.54 Å². The van der Waals surface area contributed by atoms with Crippen molar-refractivity contribution in [1.82, 2.24) is 20.4 Å². The second-order valence-corrected chi connectivity index (χ2v) is 9.68. The van der Waals surface area contributed by atoms with Crippen molar-refractivity contribution in [3.8, 4) is 0 Å². The van der Waals surface area contributed by atoms with E-state index in [1.54, 1.807) is 0 Å². The fourth-order valence-corrected chi connectivity index (χ4v) is 5.50. The van der Waals surface area contributed by atoms with Crippen molar-refractivity contribution in [3.63, 3.8) is 0 Å². The Morgan fingerprint density at radius 3 is 2.50 bits per heavy atom. The Morgan fingerprint density at radius 2 is 1.78 bits per heavy atom. The van der Waals surface area contributed by atoms with Gasteiger partial charge in [0.05, 0.1) is 0 Å². The number of carbonyl (C=O) groups excluding carboxylic acids is 3. The molecule has 3 fully saturated rings. The van der Waals surface area contributed by atoms with Gasteiger partial charge in [0.15, 0.2) is 0 Å². The number of hydrogen-bond acceptors (Lipinski definition) is 4. The van der Waals surface area contributed by atoms with Crippen LogP contribution in [0.2, 0.25) is 0 Å². The molecular formula is C25H36N4O3. The zero-order valence-electron chi connectivity index (χ0n) is 19.2. The summed E-state index contributed by atoms with van der Waals surface area (Å²) in [6.07, 6.45) is 9.93. The molecule has 1 aromatic carbocycles. The van der Waals surface area contributed by atoms with Gasteiger partial charge in [0.25, 0.3) is 5.91 Å². The Kier molecular flexibility index (Phi) is 7.13. The zero-order chi connectivity index (χ0) is 22.6. The van der Waals surface area contributed by atoms with Crippen molar-refractivity contribution >= 4 is 17.8 Å². The number of benzene rings is 1. The van der Waals surface area contributed by atoms with Crippen LogP contribution in [0.5, 0.6) is 0 Å². The fraction of sp³-hybridized carbons (Fsp3) is 0.640. The first-order valence-corrected chi connectivity index (χ1v) is 12.2. The van der Waals surface area contributed by atoms with Crippen LogP contribution in [0.1, 0.15) is 75.3 Å². The third kappa shape index (κ3) is 4.98. The first kappa shape index (κ1) is 22.8. The van der Waals surface area contributed by atoms with E-state index in [2.05, 4.69) is 34.7 Å². The van der Waals surface area contributed by atoms with Crippen LogP contribution in [0.4, 0.5) is 4.79 Å². The van der Waals surface area contributed by atoms with Crippen molar-refractivity contribution in [2.75, 3.05) is 13.6 Å². The molecule has 0 aromatic heterocycles. The van der Waals surface area contributed by atoms with Crippen LogP contribution in [-0.4, -0.2) is 52.8 Å². The lowest BCUT2D eigenvalue weighted by Gasteiger charge is -2.31. The lowest BCUT2D eigenvalue weighted by Crippen LogP contribution is -2.44. The van der Waals surface area contributed by atoms with Gasteiger partial charge < -0.3 is 10.6 Å². The highest BCUT2D eigenvalue weighted by Crippen LogP contribution is 2.35. The van der Waals surface area contributed by atoms with E-state index in [-0.39, 0.29) is 30.8 Å². The predicted molar refractivity (Wildman–Crippen MR) is 123 cm³/mol. The molecule has 7 nitrogen and oxygen atoms in total. The number of urea groups is 1. The third-order valence-corrected chi connectivity index (χ3v) is 7.48. The number of nitrogens with one attached hydrogen (secondary N) is 2. The molecule has 0 unspecified atom stereocenters. The summed E-state index contributed by atoms with van der Waals surface area (Å²) >= 11 is 0. The van der Waals surface area contributed by atoms with E-state index in [1.807, 2.05) is 12.1 Å². The Hall–Kier alpha value is -2.41. The van der Waals surface area contributed by atoms with Crippen molar-refractivity contribution in [3.05, 3.63) is 35.4 Å². The molecule has 0 bridgehead atoms. The Morgan fingerprint density at radius 1 is 1.09 bits per heavy atom. The van der Waals surface area contributed by atoms with Crippen LogP contribution in [0.15, 0.2) is 24.3 Å². The fourth-order valence-electron chi connectivity index (χ4n) is 5.50. The number of rotatable bonds is 8. The highest BCUT2D eigenvalue weighted by atomic mass is 16.2. The van der Waals surface area contributed by atoms with E-state index in [9.17, 15) is 14.4 Å². The maximum absolute atomic E-state index is 12.7. The highest BCUT2D eigenvalue weighted by molar-refractivity contribution is 6.07. The number of amides is 4. The summed E-state index contributed by atoms with van der Waals surface area (Å²) in [4.78, 5) is 41.1. The molecule has 32 heavy (non-hydrogen) atoms. The van der Waals surface area contributed by atoms with Gasteiger partial charge in [0, 0.05) is 32.1 Å². The first-order chi connectivity index (χ1) is 15.5. The molecule has 2 aliphatic carbocycles. The molecule has 7 heteroatoms. The van der Waals surface area contributed by atoms with Gasteiger partial charge in [0.2, 0.25) is 5.91 Å². The van der Waals surface area contributed by atoms with Gasteiger partial charge in [-0.1, -0.05) is 56.4 Å². The molecule has 3 aliphatic rings. The molecule has 1 aliphatic heterocycles. The minimum Gasteiger partial charge on any atom is -0.352 e. The summed E-state index contributed by atoms with van der Waals surface area (Å²) in [5.41, 5.74) is 1.64. The second-order valence-electron chi connectivity index (χ2n) is 9.68. The molecule has 1 aromatic rings. The van der Waals surface area contributed by atoms with Crippen LogP contribution in [0.25, 0.3) is 0 Å². The van der Waals surface area contributed by atoms with Gasteiger partial charge in [-0.2, -0.15) is 0 Å². The van der Waals surface area contributed by atoms with E-state index >= 15 is 0 Å². The normalized spacial score (nSPS) is 20.9. The van der Waals surface area contributed by atoms with Gasteiger partial charge in [0.1, 0.15) is 5.54 Å². The third-order valence-electron chi connectivity index (χ3n) is 7.48. The molecule has 2 saturated carbocycles. The number of nitrogens with zero attached hydrogens (tertiary/aromatic N) is 2. The van der Waals surface area contributed by atoms with E-state index in [0.717, 1.165) is 24.9 Å². The molecule has 0 radical (unpaired) electrons. The average molecular weight is 441 g/mol. The Balaban J connectivity index is 1.27. The van der Waals surface area contributed by atoms with E-state index in [4.69, 9.17) is 0 Å². The Bertz CT molecular complexity index is 843. The minimum atomic E-state index is -0.711. The van der Waals surface area contributed by atoms with Gasteiger partial charge in [-0.05, 0) is 43.9 Å². The standard InChI is InChI=1S/C25H36N4O3/c1-28(21-11-3-2-4-12-21)18-20-10-6-5-9-19(20)17-26-22(30)13-16-29-23(31)25(27-24(29)32)14-7-8-15-25/h5-6,9-10,21H,2-4,7-8,11-18H2,1H3,(H,26,30)(H,27,32). The maximum atomic E-state index is 12.7. The quantitative estimate of drug-likeness (QED) is 0.608. The van der Waals surface area contributed by atoms with E-state index in [1.165, 1.54) is 42.6 Å². The van der Waals surface area contributed by atoms with E-state index in [0.29, 0.717) is 25.4 Å². The average Bonchev–Trinajstić information content (AvgIpc) is 3.37. The summed E-state index contributed by atoms with van der Waals surface area (Å²) in [5.74, 6) is -0.308. The summed E-state index contributed by atoms with van der Waals surface area (Å²) in [6, 6.07) is 8.52. The number of hydrogen-bond donors (Lipinski definition) is 2. The van der Waals surface area contributed by atoms with Gasteiger partial charge in [-0.3, -0.25) is 19.4 Å². The van der Waals surface area contributed by atoms with Crippen molar-refractivity contribution < 1.29 is 14.4 Å². The monoisotopic (exact) mass is 440 g/mol. The second kappa shape index (κ2) is 10.0.